The smallest absolute Gasteiger partial charge is 0.298 e. The van der Waals surface area contributed by atoms with Crippen molar-refractivity contribution in [2.24, 2.45) is 0 Å². The minimum atomic E-state index is -4.14. The van der Waals surface area contributed by atoms with Crippen LogP contribution in [0, 0.1) is 11.3 Å². The number of halogens is 4. The van der Waals surface area contributed by atoms with Crippen molar-refractivity contribution in [1.29, 1.82) is 5.26 Å². The highest BCUT2D eigenvalue weighted by Gasteiger charge is 2.32. The highest BCUT2D eigenvalue weighted by Crippen LogP contribution is 2.17. The van der Waals surface area contributed by atoms with Crippen LogP contribution in [0.15, 0.2) is 0 Å². The Hall–Kier alpha value is -0.510. The maximum absolute atomic E-state index is 12.1. The van der Waals surface area contributed by atoms with Gasteiger partial charge >= 0.3 is 6.18 Å². The van der Waals surface area contributed by atoms with Gasteiger partial charge in [0.25, 0.3) is 0 Å². The Balaban J connectivity index is 2.27. The van der Waals surface area contributed by atoms with Gasteiger partial charge in [0.2, 0.25) is 0 Å². The number of nitriles is 1. The summed E-state index contributed by atoms with van der Waals surface area (Å²) in [5.41, 5.74) is 0. The van der Waals surface area contributed by atoms with E-state index in [9.17, 15) is 13.2 Å². The molecule has 1 atom stereocenters. The SMILES string of the molecule is N#CC(Cl)CN1CCN(CC(F)(F)F)CC1. The van der Waals surface area contributed by atoms with Crippen LogP contribution in [0.5, 0.6) is 0 Å². The molecule has 1 fully saturated rings. The van der Waals surface area contributed by atoms with Crippen LogP contribution in [0.4, 0.5) is 13.2 Å². The number of nitrogens with zero attached hydrogens (tertiary/aromatic N) is 3. The van der Waals surface area contributed by atoms with Crippen molar-refractivity contribution < 1.29 is 13.2 Å². The van der Waals surface area contributed by atoms with Gasteiger partial charge in [0.1, 0.15) is 5.38 Å². The zero-order valence-electron chi connectivity index (χ0n) is 8.67. The third-order valence-corrected chi connectivity index (χ3v) is 2.66. The molecule has 0 spiro atoms. The van der Waals surface area contributed by atoms with E-state index in [1.165, 1.54) is 4.90 Å². The summed E-state index contributed by atoms with van der Waals surface area (Å²) in [6.07, 6.45) is -4.14. The first-order valence-corrected chi connectivity index (χ1v) is 5.39. The predicted octanol–water partition coefficient (Wildman–Crippen LogP) is 1.30. The van der Waals surface area contributed by atoms with E-state index in [0.29, 0.717) is 32.7 Å². The average molecular weight is 256 g/mol. The van der Waals surface area contributed by atoms with Crippen LogP contribution in [0.2, 0.25) is 0 Å². The Morgan fingerprint density at radius 2 is 1.69 bits per heavy atom. The Morgan fingerprint density at radius 1 is 1.19 bits per heavy atom. The topological polar surface area (TPSA) is 30.3 Å². The zero-order valence-corrected chi connectivity index (χ0v) is 9.43. The fourth-order valence-electron chi connectivity index (χ4n) is 1.65. The largest absolute Gasteiger partial charge is 0.401 e. The molecule has 0 aliphatic carbocycles. The quantitative estimate of drug-likeness (QED) is 0.712. The van der Waals surface area contributed by atoms with Crippen LogP contribution in [-0.2, 0) is 0 Å². The summed E-state index contributed by atoms with van der Waals surface area (Å²) in [6, 6.07) is 1.89. The number of rotatable bonds is 3. The lowest BCUT2D eigenvalue weighted by atomic mass is 10.3. The highest BCUT2D eigenvalue weighted by atomic mass is 35.5. The summed E-state index contributed by atoms with van der Waals surface area (Å²) in [5, 5.41) is 7.91. The maximum Gasteiger partial charge on any atom is 0.401 e. The van der Waals surface area contributed by atoms with Crippen LogP contribution in [-0.4, -0.2) is 60.6 Å². The van der Waals surface area contributed by atoms with Gasteiger partial charge in [-0.2, -0.15) is 18.4 Å². The van der Waals surface area contributed by atoms with Crippen molar-refractivity contribution in [3.05, 3.63) is 0 Å². The summed E-state index contributed by atoms with van der Waals surface area (Å²) < 4.78 is 36.2. The molecule has 0 aromatic rings. The van der Waals surface area contributed by atoms with Crippen molar-refractivity contribution in [2.75, 3.05) is 39.3 Å². The Bertz CT molecular complexity index is 256. The molecule has 0 saturated carbocycles. The normalized spacial score (nSPS) is 21.7. The minimum absolute atomic E-state index is 0.370. The first-order valence-electron chi connectivity index (χ1n) is 4.96. The lowest BCUT2D eigenvalue weighted by molar-refractivity contribution is -0.149. The number of hydrogen-bond donors (Lipinski definition) is 0. The second-order valence-electron chi connectivity index (χ2n) is 3.79. The standard InChI is InChI=1S/C9H13ClF3N3/c10-8(5-14)6-15-1-3-16(4-2-15)7-9(11,12)13/h8H,1-4,6-7H2. The van der Waals surface area contributed by atoms with Gasteiger partial charge in [0, 0.05) is 32.7 Å². The molecule has 16 heavy (non-hydrogen) atoms. The number of hydrogen-bond acceptors (Lipinski definition) is 3. The van der Waals surface area contributed by atoms with Gasteiger partial charge in [0.15, 0.2) is 0 Å². The van der Waals surface area contributed by atoms with E-state index in [4.69, 9.17) is 16.9 Å². The molecule has 0 bridgehead atoms. The lowest BCUT2D eigenvalue weighted by Crippen LogP contribution is -2.50. The van der Waals surface area contributed by atoms with Crippen LogP contribution in [0.1, 0.15) is 0 Å². The molecule has 3 nitrogen and oxygen atoms in total. The van der Waals surface area contributed by atoms with Crippen LogP contribution < -0.4 is 0 Å². The molecule has 0 amide bonds. The van der Waals surface area contributed by atoms with Gasteiger partial charge in [0.05, 0.1) is 12.6 Å². The van der Waals surface area contributed by atoms with Gasteiger partial charge in [-0.15, -0.1) is 11.6 Å². The van der Waals surface area contributed by atoms with Crippen LogP contribution in [0.25, 0.3) is 0 Å². The van der Waals surface area contributed by atoms with Crippen LogP contribution in [0.3, 0.4) is 0 Å². The van der Waals surface area contributed by atoms with E-state index in [1.54, 1.807) is 0 Å². The highest BCUT2D eigenvalue weighted by molar-refractivity contribution is 6.22. The van der Waals surface area contributed by atoms with Gasteiger partial charge in [-0.1, -0.05) is 0 Å². The minimum Gasteiger partial charge on any atom is -0.298 e. The molecule has 1 saturated heterocycles. The first kappa shape index (κ1) is 13.6. The fourth-order valence-corrected chi connectivity index (χ4v) is 1.85. The Morgan fingerprint density at radius 3 is 2.12 bits per heavy atom. The van der Waals surface area contributed by atoms with E-state index in [0.717, 1.165) is 0 Å². The molecule has 1 aliphatic heterocycles. The summed E-state index contributed by atoms with van der Waals surface area (Å²) >= 11 is 5.65. The van der Waals surface area contributed by atoms with E-state index in [2.05, 4.69) is 0 Å². The maximum atomic E-state index is 12.1. The molecule has 0 N–H and O–H groups in total. The predicted molar refractivity (Wildman–Crippen MR) is 54.2 cm³/mol. The summed E-state index contributed by atoms with van der Waals surface area (Å²) in [5.74, 6) is 0. The molecule has 92 valence electrons. The second-order valence-corrected chi connectivity index (χ2v) is 4.32. The molecular weight excluding hydrogens is 243 g/mol. The molecule has 1 rings (SSSR count). The van der Waals surface area contributed by atoms with Gasteiger partial charge in [-0.3, -0.25) is 9.80 Å². The third-order valence-electron chi connectivity index (χ3n) is 2.43. The van der Waals surface area contributed by atoms with E-state index < -0.39 is 18.1 Å². The van der Waals surface area contributed by atoms with E-state index >= 15 is 0 Å². The van der Waals surface area contributed by atoms with Crippen molar-refractivity contribution in [3.63, 3.8) is 0 Å². The number of piperazine rings is 1. The molecule has 0 radical (unpaired) electrons. The number of alkyl halides is 4. The van der Waals surface area contributed by atoms with E-state index in [-0.39, 0.29) is 0 Å². The average Bonchev–Trinajstić information content (AvgIpc) is 2.18. The first-order chi connectivity index (χ1) is 7.40. The lowest BCUT2D eigenvalue weighted by Gasteiger charge is -2.35. The van der Waals surface area contributed by atoms with Crippen molar-refractivity contribution in [1.82, 2.24) is 9.80 Å². The van der Waals surface area contributed by atoms with Gasteiger partial charge in [-0.25, -0.2) is 0 Å². The molecule has 0 aromatic heterocycles. The molecule has 7 heteroatoms. The van der Waals surface area contributed by atoms with Gasteiger partial charge in [-0.05, 0) is 0 Å². The molecule has 1 unspecified atom stereocenters. The Labute approximate surface area is 97.4 Å². The Kier molecular flexibility index (Phi) is 4.84. The summed E-state index contributed by atoms with van der Waals surface area (Å²) in [6.45, 7) is 1.35. The van der Waals surface area contributed by atoms with E-state index in [1.807, 2.05) is 11.0 Å². The molecule has 1 heterocycles. The molecule has 1 aliphatic rings. The summed E-state index contributed by atoms with van der Waals surface area (Å²) in [4.78, 5) is 3.28. The van der Waals surface area contributed by atoms with Gasteiger partial charge < -0.3 is 0 Å². The zero-order chi connectivity index (χ0) is 12.2. The monoisotopic (exact) mass is 255 g/mol. The van der Waals surface area contributed by atoms with Crippen LogP contribution >= 0.6 is 11.6 Å². The van der Waals surface area contributed by atoms with Crippen molar-refractivity contribution >= 4 is 11.6 Å². The fraction of sp³-hybridized carbons (Fsp3) is 0.889. The second kappa shape index (κ2) is 5.71. The van der Waals surface area contributed by atoms with Crippen molar-refractivity contribution in [3.8, 4) is 6.07 Å². The van der Waals surface area contributed by atoms with Crippen molar-refractivity contribution in [2.45, 2.75) is 11.6 Å². The molecular formula is C9H13ClF3N3. The molecule has 0 aromatic carbocycles. The third kappa shape index (κ3) is 5.01. The summed E-state index contributed by atoms with van der Waals surface area (Å²) in [7, 11) is 0.